The van der Waals surface area contributed by atoms with Gasteiger partial charge in [0.25, 0.3) is 0 Å². The Hall–Kier alpha value is -2.34. The van der Waals surface area contributed by atoms with Crippen LogP contribution in [0.5, 0.6) is 0 Å². The molecule has 0 radical (unpaired) electrons. The topological polar surface area (TPSA) is 100 Å². The van der Waals surface area contributed by atoms with Gasteiger partial charge in [0.1, 0.15) is 6.04 Å². The zero-order valence-electron chi connectivity index (χ0n) is 11.3. The lowest BCUT2D eigenvalue weighted by molar-refractivity contribution is -0.126. The standard InChI is InChI=1S/C14H18N4O2/c1-16-8-13(19)18-12(14(15)20)6-9-7-17-11-5-3-2-4-10(9)11/h2-5,7,12,16-17H,6,8H2,1H3,(H2,15,20)(H,18,19). The normalized spacial score (nSPS) is 12.2. The molecule has 0 saturated heterocycles. The quantitative estimate of drug-likeness (QED) is 0.592. The molecule has 2 rings (SSSR count). The minimum Gasteiger partial charge on any atom is -0.368 e. The first-order valence-corrected chi connectivity index (χ1v) is 6.40. The van der Waals surface area contributed by atoms with Crippen molar-refractivity contribution in [3.8, 4) is 0 Å². The smallest absolute Gasteiger partial charge is 0.240 e. The number of H-pyrrole nitrogens is 1. The third-order valence-electron chi connectivity index (χ3n) is 3.11. The summed E-state index contributed by atoms with van der Waals surface area (Å²) in [5, 5.41) is 6.39. The number of nitrogens with one attached hydrogen (secondary N) is 3. The Balaban J connectivity index is 2.15. The average molecular weight is 274 g/mol. The third kappa shape index (κ3) is 3.16. The number of aromatic amines is 1. The van der Waals surface area contributed by atoms with Crippen LogP contribution >= 0.6 is 0 Å². The zero-order valence-corrected chi connectivity index (χ0v) is 11.3. The van der Waals surface area contributed by atoms with Crippen LogP contribution in [0.2, 0.25) is 0 Å². The van der Waals surface area contributed by atoms with Crippen LogP contribution in [0.4, 0.5) is 0 Å². The predicted octanol–water partition coefficient (Wildman–Crippen LogP) is -0.100. The van der Waals surface area contributed by atoms with E-state index < -0.39 is 11.9 Å². The van der Waals surface area contributed by atoms with Crippen LogP contribution in [0.3, 0.4) is 0 Å². The van der Waals surface area contributed by atoms with E-state index in [1.165, 1.54) is 0 Å². The summed E-state index contributed by atoms with van der Waals surface area (Å²) in [6.07, 6.45) is 2.21. The Morgan fingerprint density at radius 2 is 2.10 bits per heavy atom. The molecule has 6 heteroatoms. The first-order valence-electron chi connectivity index (χ1n) is 6.40. The number of rotatable bonds is 6. The number of carbonyl (C=O) groups is 2. The lowest BCUT2D eigenvalue weighted by atomic mass is 10.0. The number of para-hydroxylation sites is 1. The van der Waals surface area contributed by atoms with E-state index >= 15 is 0 Å². The van der Waals surface area contributed by atoms with E-state index in [-0.39, 0.29) is 12.5 Å². The number of benzene rings is 1. The predicted molar refractivity (Wildman–Crippen MR) is 77.1 cm³/mol. The van der Waals surface area contributed by atoms with Gasteiger partial charge in [0.15, 0.2) is 0 Å². The first kappa shape index (κ1) is 14.1. The monoisotopic (exact) mass is 274 g/mol. The van der Waals surface area contributed by atoms with E-state index in [1.807, 2.05) is 30.5 Å². The number of primary amides is 1. The molecule has 1 heterocycles. The number of nitrogens with two attached hydrogens (primary N) is 1. The van der Waals surface area contributed by atoms with Gasteiger partial charge in [-0.1, -0.05) is 18.2 Å². The van der Waals surface area contributed by atoms with E-state index in [0.717, 1.165) is 16.5 Å². The molecule has 0 aliphatic carbocycles. The second kappa shape index (κ2) is 6.21. The van der Waals surface area contributed by atoms with Crippen molar-refractivity contribution in [3.05, 3.63) is 36.0 Å². The van der Waals surface area contributed by atoms with Gasteiger partial charge in [-0.15, -0.1) is 0 Å². The van der Waals surface area contributed by atoms with Crippen LogP contribution < -0.4 is 16.4 Å². The van der Waals surface area contributed by atoms with Crippen molar-refractivity contribution in [3.63, 3.8) is 0 Å². The van der Waals surface area contributed by atoms with Crippen LogP contribution in [0.1, 0.15) is 5.56 Å². The molecule has 20 heavy (non-hydrogen) atoms. The Morgan fingerprint density at radius 3 is 2.80 bits per heavy atom. The maximum Gasteiger partial charge on any atom is 0.240 e. The van der Waals surface area contributed by atoms with Crippen LogP contribution in [-0.4, -0.2) is 36.4 Å². The van der Waals surface area contributed by atoms with E-state index in [0.29, 0.717) is 6.42 Å². The molecule has 0 aliphatic rings. The number of aromatic nitrogens is 1. The van der Waals surface area contributed by atoms with Crippen LogP contribution in [0, 0.1) is 0 Å². The van der Waals surface area contributed by atoms with Gasteiger partial charge in [0.2, 0.25) is 11.8 Å². The Kier molecular flexibility index (Phi) is 4.37. The molecular formula is C14H18N4O2. The fourth-order valence-corrected chi connectivity index (χ4v) is 2.15. The van der Waals surface area contributed by atoms with Gasteiger partial charge in [0, 0.05) is 23.5 Å². The van der Waals surface area contributed by atoms with Crippen LogP contribution in [0.25, 0.3) is 10.9 Å². The van der Waals surface area contributed by atoms with Gasteiger partial charge >= 0.3 is 0 Å². The lowest BCUT2D eigenvalue weighted by Gasteiger charge is -2.15. The summed E-state index contributed by atoms with van der Waals surface area (Å²) >= 11 is 0. The molecule has 0 saturated carbocycles. The summed E-state index contributed by atoms with van der Waals surface area (Å²) in [5.74, 6) is -0.795. The molecule has 1 aromatic carbocycles. The fraction of sp³-hybridized carbons (Fsp3) is 0.286. The van der Waals surface area contributed by atoms with Gasteiger partial charge in [-0.25, -0.2) is 0 Å². The molecule has 2 aromatic rings. The van der Waals surface area contributed by atoms with Crippen LogP contribution in [0.15, 0.2) is 30.5 Å². The van der Waals surface area contributed by atoms with Crippen molar-refractivity contribution in [2.45, 2.75) is 12.5 Å². The van der Waals surface area contributed by atoms with Gasteiger partial charge in [-0.3, -0.25) is 9.59 Å². The maximum atomic E-state index is 11.6. The zero-order chi connectivity index (χ0) is 14.5. The summed E-state index contributed by atoms with van der Waals surface area (Å²) in [5.41, 5.74) is 7.30. The molecular weight excluding hydrogens is 256 g/mol. The Bertz CT molecular complexity index is 620. The highest BCUT2D eigenvalue weighted by molar-refractivity contribution is 5.89. The van der Waals surface area contributed by atoms with Crippen molar-refractivity contribution < 1.29 is 9.59 Å². The highest BCUT2D eigenvalue weighted by atomic mass is 16.2. The second-order valence-corrected chi connectivity index (χ2v) is 4.62. The average Bonchev–Trinajstić information content (AvgIpc) is 2.82. The summed E-state index contributed by atoms with van der Waals surface area (Å²) in [7, 11) is 1.67. The molecule has 1 aromatic heterocycles. The van der Waals surface area contributed by atoms with E-state index in [4.69, 9.17) is 5.73 Å². The number of hydrogen-bond acceptors (Lipinski definition) is 3. The number of fused-ring (bicyclic) bond motifs is 1. The number of amides is 2. The Morgan fingerprint density at radius 1 is 1.35 bits per heavy atom. The van der Waals surface area contributed by atoms with Gasteiger partial charge in [-0.05, 0) is 18.7 Å². The van der Waals surface area contributed by atoms with Crippen molar-refractivity contribution in [2.75, 3.05) is 13.6 Å². The lowest BCUT2D eigenvalue weighted by Crippen LogP contribution is -2.48. The highest BCUT2D eigenvalue weighted by Crippen LogP contribution is 2.18. The molecule has 0 spiro atoms. The highest BCUT2D eigenvalue weighted by Gasteiger charge is 2.19. The Labute approximate surface area is 116 Å². The van der Waals surface area contributed by atoms with Crippen molar-refractivity contribution in [1.82, 2.24) is 15.6 Å². The second-order valence-electron chi connectivity index (χ2n) is 4.62. The minimum absolute atomic E-state index is 0.150. The van der Waals surface area contributed by atoms with Gasteiger partial charge in [0.05, 0.1) is 6.54 Å². The van der Waals surface area contributed by atoms with Crippen molar-refractivity contribution in [1.29, 1.82) is 0 Å². The molecule has 0 aliphatic heterocycles. The third-order valence-corrected chi connectivity index (χ3v) is 3.11. The van der Waals surface area contributed by atoms with E-state index in [2.05, 4.69) is 15.6 Å². The molecule has 106 valence electrons. The summed E-state index contributed by atoms with van der Waals surface area (Å²) < 4.78 is 0. The molecule has 0 bridgehead atoms. The number of carbonyl (C=O) groups excluding carboxylic acids is 2. The number of hydrogen-bond donors (Lipinski definition) is 4. The molecule has 1 atom stereocenters. The fourth-order valence-electron chi connectivity index (χ4n) is 2.15. The maximum absolute atomic E-state index is 11.6. The molecule has 0 fully saturated rings. The molecule has 6 nitrogen and oxygen atoms in total. The molecule has 1 unspecified atom stereocenters. The molecule has 2 amide bonds. The SMILES string of the molecule is CNCC(=O)NC(Cc1c[nH]c2ccccc12)C(N)=O. The first-order chi connectivity index (χ1) is 9.61. The molecule has 5 N–H and O–H groups in total. The van der Waals surface area contributed by atoms with Crippen molar-refractivity contribution in [2.24, 2.45) is 5.73 Å². The van der Waals surface area contributed by atoms with Gasteiger partial charge in [-0.2, -0.15) is 0 Å². The van der Waals surface area contributed by atoms with E-state index in [1.54, 1.807) is 7.05 Å². The summed E-state index contributed by atoms with van der Waals surface area (Å²) in [6.45, 7) is 0.150. The van der Waals surface area contributed by atoms with Crippen molar-refractivity contribution >= 4 is 22.7 Å². The van der Waals surface area contributed by atoms with E-state index in [9.17, 15) is 9.59 Å². The summed E-state index contributed by atoms with van der Waals surface area (Å²) in [4.78, 5) is 26.2. The largest absolute Gasteiger partial charge is 0.368 e. The summed E-state index contributed by atoms with van der Waals surface area (Å²) in [6, 6.07) is 7.07. The minimum atomic E-state index is -0.713. The number of likely N-dealkylation sites (N-methyl/N-ethyl adjacent to an activating group) is 1. The van der Waals surface area contributed by atoms with Gasteiger partial charge < -0.3 is 21.4 Å². The van der Waals surface area contributed by atoms with Crippen LogP contribution in [-0.2, 0) is 16.0 Å².